The van der Waals surface area contributed by atoms with E-state index in [4.69, 9.17) is 4.42 Å². The molecule has 1 aliphatic carbocycles. The number of halogens is 2. The Morgan fingerprint density at radius 3 is 2.86 bits per heavy atom. The Hall–Kier alpha value is -1.13. The number of aryl methyl sites for hydroxylation is 1. The SMILES string of the molecule is Cc1coc(NCC(F)(F)C2CC2)n1. The summed E-state index contributed by atoms with van der Waals surface area (Å²) in [7, 11) is 0. The zero-order chi connectivity index (χ0) is 10.2. The summed E-state index contributed by atoms with van der Waals surface area (Å²) in [6, 6.07) is 0.169. The van der Waals surface area contributed by atoms with E-state index in [9.17, 15) is 8.78 Å². The van der Waals surface area contributed by atoms with E-state index in [1.54, 1.807) is 6.92 Å². The molecule has 0 unspecified atom stereocenters. The van der Waals surface area contributed by atoms with Gasteiger partial charge >= 0.3 is 0 Å². The number of anilines is 1. The van der Waals surface area contributed by atoms with Crippen LogP contribution >= 0.6 is 0 Å². The smallest absolute Gasteiger partial charge is 0.294 e. The highest BCUT2D eigenvalue weighted by Crippen LogP contribution is 2.43. The Kier molecular flexibility index (Phi) is 2.17. The molecule has 3 nitrogen and oxygen atoms in total. The van der Waals surface area contributed by atoms with Gasteiger partial charge in [0.2, 0.25) is 0 Å². The Bertz CT molecular complexity index is 320. The average Bonchev–Trinajstić information content (AvgIpc) is 2.89. The highest BCUT2D eigenvalue weighted by molar-refractivity contribution is 5.21. The minimum atomic E-state index is -2.64. The minimum Gasteiger partial charge on any atom is -0.432 e. The van der Waals surface area contributed by atoms with E-state index < -0.39 is 18.4 Å². The lowest BCUT2D eigenvalue weighted by molar-refractivity contribution is -0.00862. The number of alkyl halides is 2. The Morgan fingerprint density at radius 2 is 2.36 bits per heavy atom. The number of hydrogen-bond acceptors (Lipinski definition) is 3. The fourth-order valence-corrected chi connectivity index (χ4v) is 1.28. The van der Waals surface area contributed by atoms with Gasteiger partial charge in [0, 0.05) is 5.92 Å². The van der Waals surface area contributed by atoms with Crippen LogP contribution in [-0.2, 0) is 0 Å². The molecule has 0 aromatic carbocycles. The van der Waals surface area contributed by atoms with E-state index in [1.165, 1.54) is 6.26 Å². The average molecular weight is 202 g/mol. The lowest BCUT2D eigenvalue weighted by atomic mass is 10.2. The largest absolute Gasteiger partial charge is 0.432 e. The van der Waals surface area contributed by atoms with Gasteiger partial charge in [0.15, 0.2) is 0 Å². The molecule has 0 spiro atoms. The normalized spacial score (nSPS) is 17.1. The van der Waals surface area contributed by atoms with E-state index in [0.717, 1.165) is 0 Å². The lowest BCUT2D eigenvalue weighted by Gasteiger charge is -2.14. The number of nitrogens with one attached hydrogen (secondary N) is 1. The van der Waals surface area contributed by atoms with Gasteiger partial charge in [-0.2, -0.15) is 4.98 Å². The quantitative estimate of drug-likeness (QED) is 0.814. The summed E-state index contributed by atoms with van der Waals surface area (Å²) in [6.07, 6.45) is 2.68. The molecule has 1 fully saturated rings. The molecule has 0 radical (unpaired) electrons. The number of rotatable bonds is 4. The van der Waals surface area contributed by atoms with Crippen LogP contribution in [-0.4, -0.2) is 17.5 Å². The van der Waals surface area contributed by atoms with Crippen molar-refractivity contribution in [2.75, 3.05) is 11.9 Å². The van der Waals surface area contributed by atoms with Gasteiger partial charge in [-0.3, -0.25) is 0 Å². The van der Waals surface area contributed by atoms with Crippen molar-refractivity contribution in [2.24, 2.45) is 5.92 Å². The van der Waals surface area contributed by atoms with Gasteiger partial charge < -0.3 is 9.73 Å². The fraction of sp³-hybridized carbons (Fsp3) is 0.667. The first-order valence-corrected chi connectivity index (χ1v) is 4.62. The molecular weight excluding hydrogens is 190 g/mol. The zero-order valence-corrected chi connectivity index (χ0v) is 7.89. The molecule has 1 aliphatic rings. The molecule has 1 saturated carbocycles. The second-order valence-electron chi connectivity index (χ2n) is 3.68. The van der Waals surface area contributed by atoms with Crippen molar-refractivity contribution in [1.29, 1.82) is 0 Å². The van der Waals surface area contributed by atoms with Crippen LogP contribution in [0, 0.1) is 12.8 Å². The highest BCUT2D eigenvalue weighted by atomic mass is 19.3. The maximum atomic E-state index is 13.2. The molecule has 1 heterocycles. The molecule has 1 aromatic rings. The molecule has 78 valence electrons. The monoisotopic (exact) mass is 202 g/mol. The molecule has 0 saturated heterocycles. The summed E-state index contributed by atoms with van der Waals surface area (Å²) in [6.45, 7) is 1.35. The Balaban J connectivity index is 1.87. The van der Waals surface area contributed by atoms with E-state index in [-0.39, 0.29) is 6.01 Å². The van der Waals surface area contributed by atoms with Crippen LogP contribution < -0.4 is 5.32 Å². The fourth-order valence-electron chi connectivity index (χ4n) is 1.28. The maximum Gasteiger partial charge on any atom is 0.294 e. The van der Waals surface area contributed by atoms with Crippen LogP contribution in [0.3, 0.4) is 0 Å². The molecular formula is C9H12F2N2O. The van der Waals surface area contributed by atoms with Crippen molar-refractivity contribution in [3.8, 4) is 0 Å². The summed E-state index contributed by atoms with van der Waals surface area (Å²) in [4.78, 5) is 3.88. The summed E-state index contributed by atoms with van der Waals surface area (Å²) < 4.78 is 31.2. The molecule has 2 rings (SSSR count). The molecule has 0 bridgehead atoms. The van der Waals surface area contributed by atoms with Gasteiger partial charge in [0.1, 0.15) is 6.26 Å². The van der Waals surface area contributed by atoms with Gasteiger partial charge in [0.05, 0.1) is 12.2 Å². The predicted molar refractivity (Wildman–Crippen MR) is 47.4 cm³/mol. The minimum absolute atomic E-state index is 0.169. The van der Waals surface area contributed by atoms with Gasteiger partial charge in [-0.15, -0.1) is 0 Å². The van der Waals surface area contributed by atoms with Crippen LogP contribution in [0.25, 0.3) is 0 Å². The summed E-state index contributed by atoms with van der Waals surface area (Å²) in [5.74, 6) is -3.09. The van der Waals surface area contributed by atoms with Gasteiger partial charge in [0.25, 0.3) is 11.9 Å². The molecule has 1 aromatic heterocycles. The van der Waals surface area contributed by atoms with Gasteiger partial charge in [-0.05, 0) is 19.8 Å². The van der Waals surface area contributed by atoms with E-state index in [0.29, 0.717) is 18.5 Å². The van der Waals surface area contributed by atoms with Crippen LogP contribution in [0.4, 0.5) is 14.8 Å². The number of nitrogens with zero attached hydrogens (tertiary/aromatic N) is 1. The molecule has 0 amide bonds. The zero-order valence-electron chi connectivity index (χ0n) is 7.89. The van der Waals surface area contributed by atoms with E-state index in [1.807, 2.05) is 0 Å². The second-order valence-corrected chi connectivity index (χ2v) is 3.68. The van der Waals surface area contributed by atoms with Crippen molar-refractivity contribution in [2.45, 2.75) is 25.7 Å². The van der Waals surface area contributed by atoms with Crippen molar-refractivity contribution in [3.63, 3.8) is 0 Å². The van der Waals surface area contributed by atoms with Crippen LogP contribution in [0.2, 0.25) is 0 Å². The van der Waals surface area contributed by atoms with Crippen LogP contribution in [0.1, 0.15) is 18.5 Å². The van der Waals surface area contributed by atoms with Crippen molar-refractivity contribution < 1.29 is 13.2 Å². The molecule has 0 atom stereocenters. The highest BCUT2D eigenvalue weighted by Gasteiger charge is 2.46. The topological polar surface area (TPSA) is 38.1 Å². The predicted octanol–water partition coefficient (Wildman–Crippen LogP) is 2.44. The van der Waals surface area contributed by atoms with Crippen molar-refractivity contribution >= 4 is 6.01 Å². The first kappa shape index (κ1) is 9.43. The third-order valence-electron chi connectivity index (χ3n) is 2.27. The van der Waals surface area contributed by atoms with E-state index in [2.05, 4.69) is 10.3 Å². The Morgan fingerprint density at radius 1 is 1.64 bits per heavy atom. The molecule has 14 heavy (non-hydrogen) atoms. The van der Waals surface area contributed by atoms with Crippen molar-refractivity contribution in [3.05, 3.63) is 12.0 Å². The second kappa shape index (κ2) is 3.22. The number of aromatic nitrogens is 1. The third kappa shape index (κ3) is 2.02. The van der Waals surface area contributed by atoms with Gasteiger partial charge in [-0.1, -0.05) is 0 Å². The summed E-state index contributed by atoms with van der Waals surface area (Å²) in [5.41, 5.74) is 0.683. The lowest BCUT2D eigenvalue weighted by Crippen LogP contribution is -2.29. The third-order valence-corrected chi connectivity index (χ3v) is 2.27. The summed E-state index contributed by atoms with van der Waals surface area (Å²) >= 11 is 0. The standard InChI is InChI=1S/C9H12F2N2O/c1-6-4-14-8(13-6)12-5-9(10,11)7-2-3-7/h4,7H,2-3,5H2,1H3,(H,12,13). The first-order chi connectivity index (χ1) is 6.58. The van der Waals surface area contributed by atoms with E-state index >= 15 is 0 Å². The number of hydrogen-bond donors (Lipinski definition) is 1. The van der Waals surface area contributed by atoms with Crippen LogP contribution in [0.5, 0.6) is 0 Å². The molecule has 5 heteroatoms. The van der Waals surface area contributed by atoms with Crippen LogP contribution in [0.15, 0.2) is 10.7 Å². The Labute approximate surface area is 80.5 Å². The van der Waals surface area contributed by atoms with Gasteiger partial charge in [-0.25, -0.2) is 8.78 Å². The molecule has 0 aliphatic heterocycles. The van der Waals surface area contributed by atoms with Crippen molar-refractivity contribution in [1.82, 2.24) is 4.98 Å². The number of oxazole rings is 1. The maximum absolute atomic E-state index is 13.2. The first-order valence-electron chi connectivity index (χ1n) is 4.62. The molecule has 1 N–H and O–H groups in total. The summed E-state index contributed by atoms with van der Waals surface area (Å²) in [5, 5.41) is 2.50.